The minimum atomic E-state index is -0.0722. The van der Waals surface area contributed by atoms with Gasteiger partial charge in [0.2, 0.25) is 5.89 Å². The Morgan fingerprint density at radius 2 is 2.30 bits per heavy atom. The minimum absolute atomic E-state index is 0.00615. The van der Waals surface area contributed by atoms with E-state index in [-0.39, 0.29) is 17.7 Å². The number of methoxy groups -OCH3 is 1. The lowest BCUT2D eigenvalue weighted by atomic mass is 9.97. The minimum Gasteiger partial charge on any atom is -0.384 e. The van der Waals surface area contributed by atoms with E-state index in [0.717, 1.165) is 6.54 Å². The van der Waals surface area contributed by atoms with Crippen molar-refractivity contribution in [2.75, 3.05) is 26.8 Å². The Hall–Kier alpha value is -2.22. The smallest absolute Gasteiger partial charge is 0.274 e. The predicted octanol–water partition coefficient (Wildman–Crippen LogP) is 1.10. The van der Waals surface area contributed by atoms with Crippen LogP contribution in [0.3, 0.4) is 0 Å². The molecule has 0 spiro atoms. The zero-order chi connectivity index (χ0) is 16.4. The van der Waals surface area contributed by atoms with Crippen molar-refractivity contribution in [2.24, 2.45) is 5.92 Å². The third kappa shape index (κ3) is 3.12. The number of hydrogen-bond donors (Lipinski definition) is 0. The zero-order valence-electron chi connectivity index (χ0n) is 13.6. The van der Waals surface area contributed by atoms with Gasteiger partial charge in [-0.2, -0.15) is 10.1 Å². The molecular formula is C15H21N5O3. The molecule has 2 atom stereocenters. The SMILES string of the molecule is CCn1ccc(C(=O)N2C[C@@H](COC)[C@H](c3nc(C)no3)C2)n1. The van der Waals surface area contributed by atoms with Crippen LogP contribution in [0.2, 0.25) is 0 Å². The molecule has 1 amide bonds. The van der Waals surface area contributed by atoms with Crippen molar-refractivity contribution in [2.45, 2.75) is 26.3 Å². The first-order chi connectivity index (χ1) is 11.1. The van der Waals surface area contributed by atoms with Crippen molar-refractivity contribution in [3.8, 4) is 0 Å². The Morgan fingerprint density at radius 3 is 2.91 bits per heavy atom. The van der Waals surface area contributed by atoms with Gasteiger partial charge in [0.25, 0.3) is 5.91 Å². The van der Waals surface area contributed by atoms with E-state index in [1.54, 1.807) is 29.7 Å². The van der Waals surface area contributed by atoms with E-state index in [1.165, 1.54) is 0 Å². The lowest BCUT2D eigenvalue weighted by molar-refractivity contribution is 0.0768. The summed E-state index contributed by atoms with van der Waals surface area (Å²) in [5.41, 5.74) is 0.463. The van der Waals surface area contributed by atoms with E-state index in [2.05, 4.69) is 15.2 Å². The van der Waals surface area contributed by atoms with E-state index in [1.807, 2.05) is 13.1 Å². The zero-order valence-corrected chi connectivity index (χ0v) is 13.6. The van der Waals surface area contributed by atoms with E-state index < -0.39 is 0 Å². The number of rotatable bonds is 5. The fraction of sp³-hybridized carbons (Fsp3) is 0.600. The normalized spacial score (nSPS) is 21.1. The van der Waals surface area contributed by atoms with E-state index in [9.17, 15) is 4.79 Å². The molecule has 8 nitrogen and oxygen atoms in total. The highest BCUT2D eigenvalue weighted by molar-refractivity contribution is 5.92. The monoisotopic (exact) mass is 319 g/mol. The standard InChI is InChI=1S/C15H21N5O3/c1-4-20-6-5-13(17-20)15(21)19-7-11(9-22-3)12(8-19)14-16-10(2)18-23-14/h5-6,11-12H,4,7-9H2,1-3H3/t11-,12+/m0/s1. The molecule has 1 aliphatic rings. The molecule has 0 N–H and O–H groups in total. The van der Waals surface area contributed by atoms with Crippen LogP contribution >= 0.6 is 0 Å². The van der Waals surface area contributed by atoms with Crippen LogP contribution in [0, 0.1) is 12.8 Å². The summed E-state index contributed by atoms with van der Waals surface area (Å²) in [6.45, 7) is 6.18. The highest BCUT2D eigenvalue weighted by Crippen LogP contribution is 2.32. The van der Waals surface area contributed by atoms with Crippen molar-refractivity contribution in [1.29, 1.82) is 0 Å². The molecule has 1 aliphatic heterocycles. The van der Waals surface area contributed by atoms with Crippen molar-refractivity contribution in [3.05, 3.63) is 29.7 Å². The Kier molecular flexibility index (Phi) is 4.42. The van der Waals surface area contributed by atoms with Crippen LogP contribution in [0.5, 0.6) is 0 Å². The maximum absolute atomic E-state index is 12.7. The van der Waals surface area contributed by atoms with Gasteiger partial charge < -0.3 is 14.2 Å². The highest BCUT2D eigenvalue weighted by Gasteiger charge is 2.40. The highest BCUT2D eigenvalue weighted by atomic mass is 16.5. The molecule has 0 aromatic carbocycles. The molecule has 2 aromatic heterocycles. The molecule has 124 valence electrons. The molecule has 0 unspecified atom stereocenters. The van der Waals surface area contributed by atoms with Crippen LogP contribution in [0.15, 0.2) is 16.8 Å². The van der Waals surface area contributed by atoms with Crippen molar-refractivity contribution in [1.82, 2.24) is 24.8 Å². The number of amides is 1. The van der Waals surface area contributed by atoms with Gasteiger partial charge in [0.1, 0.15) is 5.69 Å². The third-order valence-corrected chi connectivity index (χ3v) is 4.15. The van der Waals surface area contributed by atoms with Crippen LogP contribution in [0.25, 0.3) is 0 Å². The lowest BCUT2D eigenvalue weighted by Crippen LogP contribution is -2.29. The molecule has 8 heteroatoms. The summed E-state index contributed by atoms with van der Waals surface area (Å²) < 4.78 is 12.3. The van der Waals surface area contributed by atoms with Crippen LogP contribution in [-0.2, 0) is 11.3 Å². The summed E-state index contributed by atoms with van der Waals surface area (Å²) in [6, 6.07) is 1.75. The first kappa shape index (κ1) is 15.7. The van der Waals surface area contributed by atoms with Gasteiger partial charge in [-0.3, -0.25) is 9.48 Å². The van der Waals surface area contributed by atoms with Crippen molar-refractivity contribution < 1.29 is 14.1 Å². The van der Waals surface area contributed by atoms with E-state index in [4.69, 9.17) is 9.26 Å². The molecule has 1 saturated heterocycles. The first-order valence-corrected chi connectivity index (χ1v) is 7.74. The maximum atomic E-state index is 12.7. The number of aromatic nitrogens is 4. The second-order valence-electron chi connectivity index (χ2n) is 5.77. The average molecular weight is 319 g/mol. The van der Waals surface area contributed by atoms with Gasteiger partial charge in [0.05, 0.1) is 12.5 Å². The van der Waals surface area contributed by atoms with Crippen LogP contribution in [0.1, 0.15) is 35.0 Å². The average Bonchev–Trinajstić information content (AvgIpc) is 3.25. The van der Waals surface area contributed by atoms with Crippen LogP contribution in [0.4, 0.5) is 0 Å². The summed E-state index contributed by atoms with van der Waals surface area (Å²) in [6.07, 6.45) is 1.81. The first-order valence-electron chi connectivity index (χ1n) is 7.74. The number of hydrogen-bond acceptors (Lipinski definition) is 6. The Bertz CT molecular complexity index is 680. The number of ether oxygens (including phenoxy) is 1. The quantitative estimate of drug-likeness (QED) is 0.820. The largest absolute Gasteiger partial charge is 0.384 e. The lowest BCUT2D eigenvalue weighted by Gasteiger charge is -2.14. The van der Waals surface area contributed by atoms with Gasteiger partial charge in [-0.1, -0.05) is 5.16 Å². The Balaban J connectivity index is 1.77. The van der Waals surface area contributed by atoms with Crippen LogP contribution in [-0.4, -0.2) is 57.5 Å². The molecule has 3 heterocycles. The molecule has 3 rings (SSSR count). The molecule has 0 radical (unpaired) electrons. The molecule has 23 heavy (non-hydrogen) atoms. The fourth-order valence-corrected chi connectivity index (χ4v) is 2.98. The number of nitrogens with zero attached hydrogens (tertiary/aromatic N) is 5. The molecular weight excluding hydrogens is 298 g/mol. The van der Waals surface area contributed by atoms with Gasteiger partial charge in [-0.25, -0.2) is 0 Å². The number of carbonyl (C=O) groups is 1. The summed E-state index contributed by atoms with van der Waals surface area (Å²) in [5.74, 6) is 1.23. The summed E-state index contributed by atoms with van der Waals surface area (Å²) >= 11 is 0. The fourth-order valence-electron chi connectivity index (χ4n) is 2.98. The van der Waals surface area contributed by atoms with Gasteiger partial charge >= 0.3 is 0 Å². The van der Waals surface area contributed by atoms with Gasteiger partial charge in [-0.05, 0) is 19.9 Å². The summed E-state index contributed by atoms with van der Waals surface area (Å²) in [4.78, 5) is 18.8. The Labute approximate surface area is 134 Å². The van der Waals surface area contributed by atoms with E-state index >= 15 is 0 Å². The van der Waals surface area contributed by atoms with Gasteiger partial charge in [-0.15, -0.1) is 0 Å². The molecule has 0 bridgehead atoms. The number of carbonyl (C=O) groups excluding carboxylic acids is 1. The third-order valence-electron chi connectivity index (χ3n) is 4.15. The molecule has 0 saturated carbocycles. The van der Waals surface area contributed by atoms with Crippen molar-refractivity contribution >= 4 is 5.91 Å². The van der Waals surface area contributed by atoms with E-state index in [0.29, 0.717) is 37.1 Å². The molecule has 2 aromatic rings. The predicted molar refractivity (Wildman–Crippen MR) is 80.9 cm³/mol. The topological polar surface area (TPSA) is 86.3 Å². The molecule has 1 fully saturated rings. The maximum Gasteiger partial charge on any atom is 0.274 e. The second-order valence-corrected chi connectivity index (χ2v) is 5.77. The number of aryl methyl sites for hydroxylation is 2. The molecule has 0 aliphatic carbocycles. The number of likely N-dealkylation sites (tertiary alicyclic amines) is 1. The summed E-state index contributed by atoms with van der Waals surface area (Å²) in [7, 11) is 1.66. The second kappa shape index (κ2) is 6.49. The summed E-state index contributed by atoms with van der Waals surface area (Å²) in [5, 5.41) is 8.14. The van der Waals surface area contributed by atoms with Crippen LogP contribution < -0.4 is 0 Å². The van der Waals surface area contributed by atoms with Gasteiger partial charge in [0, 0.05) is 38.9 Å². The van der Waals surface area contributed by atoms with Crippen molar-refractivity contribution in [3.63, 3.8) is 0 Å². The Morgan fingerprint density at radius 1 is 1.48 bits per heavy atom. The van der Waals surface area contributed by atoms with Gasteiger partial charge in [0.15, 0.2) is 5.82 Å².